The molecule has 3 N–H and O–H groups in total. The number of rotatable bonds is 71. The third-order valence-corrected chi connectivity index (χ3v) is 17.8. The predicted octanol–water partition coefficient (Wildman–Crippen LogP) is 24.3. The first-order valence-electron chi connectivity index (χ1n) is 37.4. The molecule has 0 saturated carbocycles. The van der Waals surface area contributed by atoms with E-state index in [1.54, 1.807) is 0 Å². The van der Waals surface area contributed by atoms with Gasteiger partial charge in [0.2, 0.25) is 5.91 Å². The number of amides is 1. The van der Waals surface area contributed by atoms with Crippen LogP contribution in [0.2, 0.25) is 0 Å². The molecule has 0 aromatic rings. The molecule has 1 amide bonds. The van der Waals surface area contributed by atoms with Gasteiger partial charge < -0.3 is 20.3 Å². The van der Waals surface area contributed by atoms with Crippen molar-refractivity contribution in [3.8, 4) is 0 Å². The van der Waals surface area contributed by atoms with Crippen molar-refractivity contribution < 1.29 is 24.5 Å². The molecule has 0 aliphatic heterocycles. The third-order valence-electron chi connectivity index (χ3n) is 17.8. The van der Waals surface area contributed by atoms with Crippen LogP contribution in [0.4, 0.5) is 0 Å². The first-order valence-corrected chi connectivity index (χ1v) is 37.4. The van der Waals surface area contributed by atoms with Gasteiger partial charge in [0.1, 0.15) is 0 Å². The second-order valence-corrected chi connectivity index (χ2v) is 26.0. The van der Waals surface area contributed by atoms with Crippen LogP contribution in [0.3, 0.4) is 0 Å². The smallest absolute Gasteiger partial charge is 0.305 e. The fourth-order valence-corrected chi connectivity index (χ4v) is 12.1. The van der Waals surface area contributed by atoms with Crippen molar-refractivity contribution in [2.75, 3.05) is 13.2 Å². The minimum absolute atomic E-state index is 0.0119. The van der Waals surface area contributed by atoms with E-state index in [0.717, 1.165) is 44.9 Å². The van der Waals surface area contributed by atoms with Crippen LogP contribution in [0, 0.1) is 0 Å². The molecule has 0 heterocycles. The quantitative estimate of drug-likeness (QED) is 0.0320. The Bertz CT molecular complexity index is 1220. The van der Waals surface area contributed by atoms with E-state index >= 15 is 0 Å². The fraction of sp³-hybridized carbons (Fsp3) is 0.947. The SMILES string of the molecule is CCCCCCCC/C=C\CCCCCCCCCCCC(=O)OCCCCCCCCCCCCCCCCCCCCCCC(=O)NC(CO)C(O)CCCCCCCCCCCCCCCCCCCCCCCCCCC. The van der Waals surface area contributed by atoms with Crippen molar-refractivity contribution in [1.29, 1.82) is 0 Å². The highest BCUT2D eigenvalue weighted by Crippen LogP contribution is 2.20. The maximum Gasteiger partial charge on any atom is 0.305 e. The van der Waals surface area contributed by atoms with Gasteiger partial charge in [-0.1, -0.05) is 379 Å². The molecular weight excluding hydrogens is 995 g/mol. The topological polar surface area (TPSA) is 95.9 Å². The van der Waals surface area contributed by atoms with Crippen molar-refractivity contribution in [3.05, 3.63) is 12.2 Å². The summed E-state index contributed by atoms with van der Waals surface area (Å²) in [5.74, 6) is -0.0191. The summed E-state index contributed by atoms with van der Waals surface area (Å²) in [5, 5.41) is 23.5. The highest BCUT2D eigenvalue weighted by molar-refractivity contribution is 5.76. The number of carbonyl (C=O) groups excluding carboxylic acids is 2. The number of allylic oxidation sites excluding steroid dienone is 2. The van der Waals surface area contributed by atoms with E-state index in [1.165, 1.54) is 353 Å². The molecular formula is C75H147NO5. The van der Waals surface area contributed by atoms with E-state index < -0.39 is 12.1 Å². The Morgan fingerprint density at radius 3 is 0.877 bits per heavy atom. The van der Waals surface area contributed by atoms with E-state index in [0.29, 0.717) is 25.9 Å². The van der Waals surface area contributed by atoms with Gasteiger partial charge in [0.15, 0.2) is 0 Å². The van der Waals surface area contributed by atoms with Gasteiger partial charge in [-0.3, -0.25) is 9.59 Å². The third kappa shape index (κ3) is 67.6. The van der Waals surface area contributed by atoms with E-state index in [9.17, 15) is 19.8 Å². The molecule has 81 heavy (non-hydrogen) atoms. The monoisotopic (exact) mass is 1140 g/mol. The molecule has 0 bridgehead atoms. The van der Waals surface area contributed by atoms with Gasteiger partial charge in [-0.25, -0.2) is 0 Å². The molecule has 0 fully saturated rings. The number of nitrogens with one attached hydrogen (secondary N) is 1. The van der Waals surface area contributed by atoms with Crippen LogP contribution >= 0.6 is 0 Å². The zero-order valence-electron chi connectivity index (χ0n) is 55.3. The molecule has 6 heteroatoms. The Labute approximate surface area is 508 Å². The van der Waals surface area contributed by atoms with Crippen molar-refractivity contribution in [2.45, 2.75) is 443 Å². The molecule has 6 nitrogen and oxygen atoms in total. The minimum atomic E-state index is -0.667. The van der Waals surface area contributed by atoms with Crippen molar-refractivity contribution in [1.82, 2.24) is 5.32 Å². The number of esters is 1. The zero-order chi connectivity index (χ0) is 58.5. The maximum absolute atomic E-state index is 12.6. The van der Waals surface area contributed by atoms with Gasteiger partial charge in [0, 0.05) is 12.8 Å². The Hall–Kier alpha value is -1.40. The lowest BCUT2D eigenvalue weighted by molar-refractivity contribution is -0.143. The molecule has 0 aromatic heterocycles. The summed E-state index contributed by atoms with van der Waals surface area (Å²) >= 11 is 0. The van der Waals surface area contributed by atoms with Gasteiger partial charge in [-0.2, -0.15) is 0 Å². The van der Waals surface area contributed by atoms with Crippen molar-refractivity contribution in [2.24, 2.45) is 0 Å². The predicted molar refractivity (Wildman–Crippen MR) is 357 cm³/mol. The molecule has 0 rings (SSSR count). The van der Waals surface area contributed by atoms with Gasteiger partial charge >= 0.3 is 5.97 Å². The molecule has 2 atom stereocenters. The molecule has 2 unspecified atom stereocenters. The van der Waals surface area contributed by atoms with Crippen LogP contribution in [0.1, 0.15) is 431 Å². The van der Waals surface area contributed by atoms with E-state index in [4.69, 9.17) is 4.74 Å². The van der Waals surface area contributed by atoms with Gasteiger partial charge in [-0.15, -0.1) is 0 Å². The van der Waals surface area contributed by atoms with E-state index in [1.807, 2.05) is 0 Å². The average molecular weight is 1140 g/mol. The van der Waals surface area contributed by atoms with Crippen LogP contribution in [-0.4, -0.2) is 47.4 Å². The number of ether oxygens (including phenoxy) is 1. The summed E-state index contributed by atoms with van der Waals surface area (Å²) in [5.41, 5.74) is 0. The lowest BCUT2D eigenvalue weighted by Gasteiger charge is -2.22. The summed E-state index contributed by atoms with van der Waals surface area (Å²) in [6.45, 7) is 5.00. The Morgan fingerprint density at radius 2 is 0.580 bits per heavy atom. The lowest BCUT2D eigenvalue weighted by Crippen LogP contribution is -2.45. The highest BCUT2D eigenvalue weighted by Gasteiger charge is 2.20. The molecule has 482 valence electrons. The number of hydrogen-bond donors (Lipinski definition) is 3. The fourth-order valence-electron chi connectivity index (χ4n) is 12.1. The second-order valence-electron chi connectivity index (χ2n) is 26.0. The van der Waals surface area contributed by atoms with Crippen LogP contribution in [0.5, 0.6) is 0 Å². The first kappa shape index (κ1) is 79.6. The maximum atomic E-state index is 12.6. The molecule has 0 spiro atoms. The molecule has 0 aliphatic rings. The van der Waals surface area contributed by atoms with E-state index in [2.05, 4.69) is 31.3 Å². The number of hydrogen-bond acceptors (Lipinski definition) is 5. The summed E-state index contributed by atoms with van der Waals surface area (Å²) in [7, 11) is 0. The summed E-state index contributed by atoms with van der Waals surface area (Å²) < 4.78 is 5.51. The Balaban J connectivity index is 3.37. The van der Waals surface area contributed by atoms with Crippen molar-refractivity contribution >= 4 is 11.9 Å². The average Bonchev–Trinajstić information content (AvgIpc) is 3.47. The first-order chi connectivity index (χ1) is 40.0. The van der Waals surface area contributed by atoms with Crippen LogP contribution in [0.15, 0.2) is 12.2 Å². The van der Waals surface area contributed by atoms with Gasteiger partial charge in [-0.05, 0) is 51.4 Å². The molecule has 0 aliphatic carbocycles. The van der Waals surface area contributed by atoms with Crippen molar-refractivity contribution in [3.63, 3.8) is 0 Å². The number of aliphatic hydroxyl groups is 2. The molecule has 0 aromatic carbocycles. The summed E-state index contributed by atoms with van der Waals surface area (Å²) in [6, 6.07) is -0.544. The molecule has 0 saturated heterocycles. The molecule has 0 radical (unpaired) electrons. The highest BCUT2D eigenvalue weighted by atomic mass is 16.5. The number of aliphatic hydroxyl groups excluding tert-OH is 2. The summed E-state index contributed by atoms with van der Waals surface area (Å²) in [4.78, 5) is 24.7. The standard InChI is InChI=1S/C75H147NO5/c1-3-5-7-9-11-13-15-17-19-21-23-24-25-26-27-28-32-35-39-43-47-51-55-59-63-67-73(78)72(71-77)76-74(79)68-64-60-56-52-48-44-40-36-33-29-30-34-38-42-46-50-54-58-62-66-70-81-75(80)69-65-61-57-53-49-45-41-37-31-22-20-18-16-14-12-10-8-6-4-2/h18,20,72-73,77-78H,3-17,19,21-71H2,1-2H3,(H,76,79)/b20-18-. The minimum Gasteiger partial charge on any atom is -0.466 e. The Morgan fingerprint density at radius 1 is 0.333 bits per heavy atom. The zero-order valence-corrected chi connectivity index (χ0v) is 55.3. The van der Waals surface area contributed by atoms with Gasteiger partial charge in [0.25, 0.3) is 0 Å². The number of carbonyl (C=O) groups is 2. The largest absolute Gasteiger partial charge is 0.466 e. The lowest BCUT2D eigenvalue weighted by atomic mass is 10.0. The summed E-state index contributed by atoms with van der Waals surface area (Å²) in [6.07, 6.45) is 88.4. The van der Waals surface area contributed by atoms with Gasteiger partial charge in [0.05, 0.1) is 25.4 Å². The van der Waals surface area contributed by atoms with Crippen LogP contribution in [0.25, 0.3) is 0 Å². The number of unbranched alkanes of at least 4 members (excludes halogenated alkanes) is 58. The normalized spacial score (nSPS) is 12.5. The van der Waals surface area contributed by atoms with E-state index in [-0.39, 0.29) is 18.5 Å². The van der Waals surface area contributed by atoms with Crippen LogP contribution < -0.4 is 5.32 Å². The second kappa shape index (κ2) is 71.1. The van der Waals surface area contributed by atoms with Crippen LogP contribution in [-0.2, 0) is 14.3 Å². The Kier molecular flexibility index (Phi) is 69.9.